The molecule has 12 nitrogen and oxygen atoms in total. The molecule has 0 radical (unpaired) electrons. The molecule has 36 heavy (non-hydrogen) atoms. The van der Waals surface area contributed by atoms with Gasteiger partial charge in [0.05, 0.1) is 18.4 Å². The highest BCUT2D eigenvalue weighted by atomic mass is 32.2. The van der Waals surface area contributed by atoms with Gasteiger partial charge in [-0.05, 0) is 19.5 Å². The van der Waals surface area contributed by atoms with Crippen molar-refractivity contribution in [3.8, 4) is 17.3 Å². The number of sulfonamides is 1. The monoisotopic (exact) mass is 520 g/mol. The first-order valence-corrected chi connectivity index (χ1v) is 13.7. The molecule has 13 heteroatoms. The highest BCUT2D eigenvalue weighted by Crippen LogP contribution is 2.30. The molecule has 0 atom stereocenters. The number of piperazine rings is 1. The van der Waals surface area contributed by atoms with Crippen molar-refractivity contribution in [1.29, 1.82) is 0 Å². The largest absolute Gasteiger partial charge is 0.477 e. The van der Waals surface area contributed by atoms with E-state index in [1.54, 1.807) is 7.11 Å². The van der Waals surface area contributed by atoms with Crippen molar-refractivity contribution in [3.05, 3.63) is 28.3 Å². The number of aromatic nitrogens is 5. The van der Waals surface area contributed by atoms with Gasteiger partial charge in [0.25, 0.3) is 5.56 Å². The molecule has 3 aromatic rings. The quantitative estimate of drug-likeness (QED) is 0.370. The minimum Gasteiger partial charge on any atom is -0.477 e. The first-order valence-electron chi connectivity index (χ1n) is 12.2. The summed E-state index contributed by atoms with van der Waals surface area (Å²) in [5, 5.41) is 3.10. The molecule has 0 saturated carbocycles. The molecule has 0 aromatic carbocycles. The van der Waals surface area contributed by atoms with Gasteiger partial charge >= 0.3 is 0 Å². The number of pyridine rings is 1. The van der Waals surface area contributed by atoms with E-state index < -0.39 is 10.0 Å². The zero-order valence-electron chi connectivity index (χ0n) is 21.2. The summed E-state index contributed by atoms with van der Waals surface area (Å²) >= 11 is 0. The summed E-state index contributed by atoms with van der Waals surface area (Å²) in [5.74, 6) is 0.402. The van der Waals surface area contributed by atoms with Crippen LogP contribution < -0.4 is 15.0 Å². The Morgan fingerprint density at radius 3 is 2.56 bits per heavy atom. The van der Waals surface area contributed by atoms with E-state index in [2.05, 4.69) is 26.9 Å². The van der Waals surface area contributed by atoms with E-state index >= 15 is 0 Å². The van der Waals surface area contributed by atoms with Crippen molar-refractivity contribution in [1.82, 2.24) is 29.3 Å². The fourth-order valence-electron chi connectivity index (χ4n) is 4.41. The summed E-state index contributed by atoms with van der Waals surface area (Å²) < 4.78 is 41.0. The maximum atomic E-state index is 13.4. The van der Waals surface area contributed by atoms with Crippen molar-refractivity contribution in [3.63, 3.8) is 0 Å². The van der Waals surface area contributed by atoms with E-state index in [9.17, 15) is 13.2 Å². The van der Waals surface area contributed by atoms with Crippen LogP contribution in [0.2, 0.25) is 0 Å². The molecule has 0 unspecified atom stereocenters. The van der Waals surface area contributed by atoms with E-state index in [1.165, 1.54) is 16.6 Å². The minimum absolute atomic E-state index is 0.0357. The van der Waals surface area contributed by atoms with Crippen LogP contribution in [0.1, 0.15) is 26.5 Å². The van der Waals surface area contributed by atoms with Crippen LogP contribution in [0.25, 0.3) is 22.4 Å². The van der Waals surface area contributed by atoms with Gasteiger partial charge in [-0.2, -0.15) is 9.40 Å². The summed E-state index contributed by atoms with van der Waals surface area (Å²) in [6.45, 7) is 10.2. The number of aryl methyl sites for hydroxylation is 1. The predicted octanol–water partition coefficient (Wildman–Crippen LogP) is 0.534. The van der Waals surface area contributed by atoms with Crippen molar-refractivity contribution in [2.45, 2.75) is 38.6 Å². The summed E-state index contributed by atoms with van der Waals surface area (Å²) in [6, 6.07) is 1.49. The molecule has 1 aliphatic heterocycles. The molecular formula is C23H34N7O5S+. The fraction of sp³-hybridized carbons (Fsp3) is 0.565. The van der Waals surface area contributed by atoms with Gasteiger partial charge in [0.1, 0.15) is 17.3 Å². The van der Waals surface area contributed by atoms with Crippen molar-refractivity contribution in [2.75, 3.05) is 53.0 Å². The molecule has 196 valence electrons. The van der Waals surface area contributed by atoms with Crippen LogP contribution in [0.15, 0.2) is 22.0 Å². The molecule has 1 aliphatic rings. The molecule has 0 bridgehead atoms. The number of nitrogens with one attached hydrogen (secondary N) is 2. The zero-order valence-corrected chi connectivity index (χ0v) is 22.0. The molecule has 3 aromatic heterocycles. The summed E-state index contributed by atoms with van der Waals surface area (Å²) in [7, 11) is -2.17. The van der Waals surface area contributed by atoms with Crippen LogP contribution in [0.5, 0.6) is 5.88 Å². The Kier molecular flexibility index (Phi) is 8.03. The Bertz CT molecular complexity index is 1380. The molecule has 4 rings (SSSR count). The number of H-pyrrole nitrogens is 2. The third kappa shape index (κ3) is 5.01. The van der Waals surface area contributed by atoms with Gasteiger partial charge in [-0.3, -0.25) is 4.79 Å². The number of methoxy groups -OCH3 is 1. The van der Waals surface area contributed by atoms with Crippen LogP contribution in [0.4, 0.5) is 0 Å². The van der Waals surface area contributed by atoms with Gasteiger partial charge in [0, 0.05) is 39.7 Å². The minimum atomic E-state index is -3.78. The fourth-order valence-corrected chi connectivity index (χ4v) is 5.80. The van der Waals surface area contributed by atoms with Gasteiger partial charge in [-0.25, -0.2) is 18.4 Å². The SMILES string of the molecule is CCOc1ncc(S(=O)(=O)N2CCN(CC)CC2)cc1-c1nc2c(CC)[n+](CCOC)[nH]c2c(=O)[nH]1. The van der Waals surface area contributed by atoms with Gasteiger partial charge < -0.3 is 19.4 Å². The third-order valence-electron chi connectivity index (χ3n) is 6.40. The number of ether oxygens (including phenoxy) is 2. The first kappa shape index (κ1) is 26.2. The number of hydrogen-bond acceptors (Lipinski definition) is 8. The predicted molar refractivity (Wildman–Crippen MR) is 133 cm³/mol. The highest BCUT2D eigenvalue weighted by Gasteiger charge is 2.30. The summed E-state index contributed by atoms with van der Waals surface area (Å²) in [6.07, 6.45) is 1.94. The Morgan fingerprint density at radius 2 is 1.92 bits per heavy atom. The third-order valence-corrected chi connectivity index (χ3v) is 8.26. The number of rotatable bonds is 10. The topological polar surface area (TPSA) is 137 Å². The van der Waals surface area contributed by atoms with Gasteiger partial charge in [-0.15, -0.1) is 4.68 Å². The maximum Gasteiger partial charge on any atom is 0.281 e. The Balaban J connectivity index is 1.80. The van der Waals surface area contributed by atoms with E-state index in [1.807, 2.05) is 18.5 Å². The Hall–Kier alpha value is -2.87. The molecule has 0 amide bonds. The van der Waals surface area contributed by atoms with E-state index in [0.29, 0.717) is 69.0 Å². The van der Waals surface area contributed by atoms with Crippen molar-refractivity contribution < 1.29 is 22.6 Å². The first-order chi connectivity index (χ1) is 17.3. The number of nitrogens with zero attached hydrogens (tertiary/aromatic N) is 5. The van der Waals surface area contributed by atoms with E-state index in [0.717, 1.165) is 12.2 Å². The number of fused-ring (bicyclic) bond motifs is 1. The summed E-state index contributed by atoms with van der Waals surface area (Å²) in [4.78, 5) is 27.1. The summed E-state index contributed by atoms with van der Waals surface area (Å²) in [5.41, 5.74) is 1.65. The molecule has 0 aliphatic carbocycles. The Labute approximate surface area is 210 Å². The lowest BCUT2D eigenvalue weighted by Crippen LogP contribution is -2.48. The number of aromatic amines is 2. The number of likely N-dealkylation sites (N-methyl/N-ethyl adjacent to an activating group) is 1. The standard InChI is InChI=1S/C23H33N7O5S/c1-5-18-19-20(27-30(18)12-13-34-4)22(31)26-21(25-19)17-14-16(15-24-23(17)35-7-3)36(32,33)29-10-8-28(6-2)9-11-29/h14-15H,5-13H2,1-4H3,(H,25,26,31)/p+1. The van der Waals surface area contributed by atoms with Crippen LogP contribution in [-0.2, 0) is 27.7 Å². The van der Waals surface area contributed by atoms with E-state index in [4.69, 9.17) is 14.5 Å². The second-order valence-corrected chi connectivity index (χ2v) is 10.4. The lowest BCUT2D eigenvalue weighted by Gasteiger charge is -2.33. The molecule has 2 N–H and O–H groups in total. The van der Waals surface area contributed by atoms with Gasteiger partial charge in [0.2, 0.25) is 21.6 Å². The van der Waals surface area contributed by atoms with Crippen LogP contribution in [0, 0.1) is 0 Å². The van der Waals surface area contributed by atoms with Gasteiger partial charge in [0.15, 0.2) is 17.6 Å². The lowest BCUT2D eigenvalue weighted by atomic mass is 10.2. The van der Waals surface area contributed by atoms with Crippen LogP contribution in [0.3, 0.4) is 0 Å². The van der Waals surface area contributed by atoms with Crippen molar-refractivity contribution >= 4 is 21.1 Å². The normalized spacial score (nSPS) is 15.6. The molecule has 0 spiro atoms. The van der Waals surface area contributed by atoms with Crippen LogP contribution in [-0.4, -0.2) is 90.7 Å². The van der Waals surface area contributed by atoms with E-state index in [-0.39, 0.29) is 22.2 Å². The average Bonchev–Trinajstić information content (AvgIpc) is 3.25. The number of hydrogen-bond donors (Lipinski definition) is 2. The van der Waals surface area contributed by atoms with Gasteiger partial charge in [-0.1, -0.05) is 13.8 Å². The zero-order chi connectivity index (χ0) is 25.9. The molecule has 1 saturated heterocycles. The van der Waals surface area contributed by atoms with Crippen molar-refractivity contribution in [2.24, 2.45) is 0 Å². The maximum absolute atomic E-state index is 13.4. The second kappa shape index (κ2) is 11.0. The smallest absolute Gasteiger partial charge is 0.281 e. The lowest BCUT2D eigenvalue weighted by molar-refractivity contribution is -0.755. The Morgan fingerprint density at radius 1 is 1.17 bits per heavy atom. The average molecular weight is 521 g/mol. The highest BCUT2D eigenvalue weighted by molar-refractivity contribution is 7.89. The van der Waals surface area contributed by atoms with Crippen LogP contribution >= 0.6 is 0 Å². The molecular weight excluding hydrogens is 486 g/mol. The molecule has 1 fully saturated rings. The molecule has 4 heterocycles. The second-order valence-electron chi connectivity index (χ2n) is 8.49.